The number of benzene rings is 1. The Morgan fingerprint density at radius 3 is 2.67 bits per heavy atom. The zero-order valence-corrected chi connectivity index (χ0v) is 16.9. The number of para-hydroxylation sites is 1. The smallest absolute Gasteiger partial charge is 0.226 e. The lowest BCUT2D eigenvalue weighted by Gasteiger charge is -2.25. The zero-order chi connectivity index (χ0) is 19.2. The van der Waals surface area contributed by atoms with Gasteiger partial charge in [-0.15, -0.1) is 0 Å². The number of carbonyl (C=O) groups excluding carboxylic acids is 1. The van der Waals surface area contributed by atoms with Gasteiger partial charge < -0.3 is 10.2 Å². The number of hydrogen-bond acceptors (Lipinski definition) is 3. The largest absolute Gasteiger partial charge is 0.341 e. The Hall–Kier alpha value is -2.14. The molecule has 2 aromatic rings. The molecule has 2 heterocycles. The van der Waals surface area contributed by atoms with Crippen molar-refractivity contribution >= 4 is 5.91 Å². The highest BCUT2D eigenvalue weighted by Gasteiger charge is 2.58. The highest BCUT2D eigenvalue weighted by atomic mass is 16.2. The fourth-order valence-electron chi connectivity index (χ4n) is 4.69. The van der Waals surface area contributed by atoms with Crippen molar-refractivity contribution in [3.8, 4) is 5.69 Å². The fourth-order valence-corrected chi connectivity index (χ4v) is 4.69. The Kier molecular flexibility index (Phi) is 4.58. The molecule has 5 nitrogen and oxygen atoms in total. The summed E-state index contributed by atoms with van der Waals surface area (Å²) in [7, 11) is 1.94. The molecule has 1 aromatic heterocycles. The van der Waals surface area contributed by atoms with Crippen molar-refractivity contribution in [2.45, 2.75) is 46.6 Å². The maximum absolute atomic E-state index is 13.0. The third-order valence-electron chi connectivity index (χ3n) is 6.64. The van der Waals surface area contributed by atoms with E-state index in [9.17, 15) is 4.79 Å². The summed E-state index contributed by atoms with van der Waals surface area (Å²) in [5, 5.41) is 8.18. The molecule has 27 heavy (non-hydrogen) atoms. The van der Waals surface area contributed by atoms with Crippen LogP contribution in [0.1, 0.15) is 41.8 Å². The van der Waals surface area contributed by atoms with Gasteiger partial charge in [0.15, 0.2) is 0 Å². The summed E-state index contributed by atoms with van der Waals surface area (Å²) in [6.07, 6.45) is 3.35. The van der Waals surface area contributed by atoms with E-state index in [0.29, 0.717) is 12.5 Å². The van der Waals surface area contributed by atoms with Crippen LogP contribution in [0.3, 0.4) is 0 Å². The lowest BCUT2D eigenvalue weighted by molar-refractivity contribution is -0.132. The van der Waals surface area contributed by atoms with Crippen molar-refractivity contribution in [3.63, 3.8) is 0 Å². The molecule has 1 N–H and O–H groups in total. The minimum absolute atomic E-state index is 0.219. The van der Waals surface area contributed by atoms with Crippen molar-refractivity contribution in [2.24, 2.45) is 11.3 Å². The van der Waals surface area contributed by atoms with Crippen LogP contribution >= 0.6 is 0 Å². The Labute approximate surface area is 161 Å². The van der Waals surface area contributed by atoms with E-state index in [4.69, 9.17) is 5.10 Å². The lowest BCUT2D eigenvalue weighted by atomic mass is 9.91. The molecule has 1 amide bonds. The van der Waals surface area contributed by atoms with E-state index in [-0.39, 0.29) is 11.3 Å². The predicted octanol–water partition coefficient (Wildman–Crippen LogP) is 3.15. The normalized spacial score (nSPS) is 20.7. The van der Waals surface area contributed by atoms with Crippen LogP contribution in [0.15, 0.2) is 24.3 Å². The van der Waals surface area contributed by atoms with Crippen LogP contribution in [-0.2, 0) is 11.3 Å². The number of nitrogens with one attached hydrogen (secondary N) is 1. The Bertz CT molecular complexity index is 863. The predicted molar refractivity (Wildman–Crippen MR) is 107 cm³/mol. The van der Waals surface area contributed by atoms with Gasteiger partial charge in [-0.1, -0.05) is 18.2 Å². The van der Waals surface area contributed by atoms with E-state index in [1.807, 2.05) is 35.7 Å². The highest BCUT2D eigenvalue weighted by molar-refractivity contribution is 5.82. The number of carbonyl (C=O) groups is 1. The highest BCUT2D eigenvalue weighted by Crippen LogP contribution is 2.59. The number of hydrogen-bond donors (Lipinski definition) is 1. The molecule has 1 aliphatic carbocycles. The van der Waals surface area contributed by atoms with Crippen LogP contribution in [0.25, 0.3) is 5.69 Å². The maximum atomic E-state index is 13.0. The molecule has 2 fully saturated rings. The molecule has 1 spiro atoms. The summed E-state index contributed by atoms with van der Waals surface area (Å²) in [4.78, 5) is 14.9. The molecule has 1 saturated heterocycles. The van der Waals surface area contributed by atoms with Gasteiger partial charge in [0.1, 0.15) is 0 Å². The van der Waals surface area contributed by atoms with Crippen molar-refractivity contribution in [2.75, 3.05) is 20.1 Å². The average molecular weight is 367 g/mol. The number of aromatic nitrogens is 2. The molecule has 0 bridgehead atoms. The van der Waals surface area contributed by atoms with Gasteiger partial charge in [0, 0.05) is 30.8 Å². The van der Waals surface area contributed by atoms with Crippen LogP contribution in [-0.4, -0.2) is 40.7 Å². The first-order chi connectivity index (χ1) is 12.9. The van der Waals surface area contributed by atoms with Crippen LogP contribution < -0.4 is 5.32 Å². The van der Waals surface area contributed by atoms with Gasteiger partial charge >= 0.3 is 0 Å². The number of rotatable bonds is 4. The van der Waals surface area contributed by atoms with Gasteiger partial charge in [-0.25, -0.2) is 4.68 Å². The van der Waals surface area contributed by atoms with Gasteiger partial charge in [-0.05, 0) is 70.2 Å². The topological polar surface area (TPSA) is 50.2 Å². The lowest BCUT2D eigenvalue weighted by Crippen LogP contribution is -2.34. The van der Waals surface area contributed by atoms with Crippen molar-refractivity contribution in [1.82, 2.24) is 20.0 Å². The summed E-state index contributed by atoms with van der Waals surface area (Å²) >= 11 is 0. The van der Waals surface area contributed by atoms with Gasteiger partial charge in [-0.2, -0.15) is 5.10 Å². The summed E-state index contributed by atoms with van der Waals surface area (Å²) in [5.41, 5.74) is 5.87. The van der Waals surface area contributed by atoms with E-state index >= 15 is 0 Å². The van der Waals surface area contributed by atoms with Crippen LogP contribution in [0.5, 0.6) is 0 Å². The monoisotopic (exact) mass is 366 g/mol. The second-order valence-corrected chi connectivity index (χ2v) is 8.41. The van der Waals surface area contributed by atoms with E-state index in [1.165, 1.54) is 5.56 Å². The quantitative estimate of drug-likeness (QED) is 0.904. The third-order valence-corrected chi connectivity index (χ3v) is 6.64. The molecule has 0 radical (unpaired) electrons. The number of aryl methyl sites for hydroxylation is 2. The molecule has 144 valence electrons. The molecule has 1 aliphatic heterocycles. The molecule has 5 heteroatoms. The third kappa shape index (κ3) is 3.18. The van der Waals surface area contributed by atoms with Crippen molar-refractivity contribution < 1.29 is 4.79 Å². The van der Waals surface area contributed by atoms with Crippen molar-refractivity contribution in [1.29, 1.82) is 0 Å². The molecule has 1 saturated carbocycles. The van der Waals surface area contributed by atoms with Gasteiger partial charge in [0.25, 0.3) is 0 Å². The molecule has 4 rings (SSSR count). The minimum Gasteiger partial charge on any atom is -0.341 e. The molecule has 1 atom stereocenters. The number of amides is 1. The van der Waals surface area contributed by atoms with E-state index < -0.39 is 0 Å². The molecular formula is C22H30N4O. The molecular weight excluding hydrogens is 336 g/mol. The SMILES string of the molecule is Cc1ccccc1-n1nc(C)c(CN(C)C(=O)C2CC23CCNCC3)c1C. The Balaban J connectivity index is 1.51. The van der Waals surface area contributed by atoms with Crippen molar-refractivity contribution in [3.05, 3.63) is 46.8 Å². The first kappa shape index (κ1) is 18.2. The summed E-state index contributed by atoms with van der Waals surface area (Å²) in [6.45, 7) is 8.98. The second-order valence-electron chi connectivity index (χ2n) is 8.41. The number of nitrogens with zero attached hydrogens (tertiary/aromatic N) is 3. The first-order valence-electron chi connectivity index (χ1n) is 10.00. The summed E-state index contributed by atoms with van der Waals surface area (Å²) in [5.74, 6) is 0.524. The van der Waals surface area contributed by atoms with Gasteiger partial charge in [0.2, 0.25) is 5.91 Å². The fraction of sp³-hybridized carbons (Fsp3) is 0.545. The first-order valence-corrected chi connectivity index (χ1v) is 10.00. The van der Waals surface area contributed by atoms with Crippen LogP contribution in [0.4, 0.5) is 0 Å². The van der Waals surface area contributed by atoms with Crippen LogP contribution in [0.2, 0.25) is 0 Å². The number of piperidine rings is 1. The second kappa shape index (κ2) is 6.79. The zero-order valence-electron chi connectivity index (χ0n) is 16.9. The van der Waals surface area contributed by atoms with Crippen LogP contribution in [0, 0.1) is 32.1 Å². The van der Waals surface area contributed by atoms with Gasteiger partial charge in [0.05, 0.1) is 11.4 Å². The average Bonchev–Trinajstić information content (AvgIpc) is 3.28. The Morgan fingerprint density at radius 1 is 1.26 bits per heavy atom. The Morgan fingerprint density at radius 2 is 1.96 bits per heavy atom. The standard InChI is InChI=1S/C22H30N4O/c1-15-7-5-6-8-20(15)26-17(3)18(16(2)24-26)14-25(4)21(27)19-13-22(19)9-11-23-12-10-22/h5-8,19,23H,9-14H2,1-4H3. The minimum atomic E-state index is 0.219. The maximum Gasteiger partial charge on any atom is 0.226 e. The molecule has 2 aliphatic rings. The summed E-state index contributed by atoms with van der Waals surface area (Å²) < 4.78 is 2.02. The molecule has 1 unspecified atom stereocenters. The van der Waals surface area contributed by atoms with E-state index in [1.54, 1.807) is 0 Å². The molecule has 1 aromatic carbocycles. The van der Waals surface area contributed by atoms with Gasteiger partial charge in [-0.3, -0.25) is 4.79 Å². The van der Waals surface area contributed by atoms with E-state index in [2.05, 4.69) is 31.3 Å². The van der Waals surface area contributed by atoms with E-state index in [0.717, 1.165) is 55.0 Å². The summed E-state index contributed by atoms with van der Waals surface area (Å²) in [6, 6.07) is 8.29.